The summed E-state index contributed by atoms with van der Waals surface area (Å²) in [6, 6.07) is 10.3. The fourth-order valence-corrected chi connectivity index (χ4v) is 2.22. The van der Waals surface area contributed by atoms with Crippen LogP contribution in [-0.2, 0) is 0 Å². The first-order valence-electron chi connectivity index (χ1n) is 7.11. The molecule has 0 aliphatic rings. The van der Waals surface area contributed by atoms with Gasteiger partial charge in [-0.15, -0.1) is 11.6 Å². The maximum atomic E-state index is 5.83. The summed E-state index contributed by atoms with van der Waals surface area (Å²) in [5.41, 5.74) is 1.22. The van der Waals surface area contributed by atoms with Gasteiger partial charge in [-0.3, -0.25) is 0 Å². The number of ether oxygens (including phenoxy) is 2. The Balaban J connectivity index is 2.36. The van der Waals surface area contributed by atoms with Gasteiger partial charge in [0.15, 0.2) is 0 Å². The molecule has 0 heterocycles. The summed E-state index contributed by atoms with van der Waals surface area (Å²) in [6.45, 7) is 5.56. The van der Waals surface area contributed by atoms with Gasteiger partial charge in [0.25, 0.3) is 0 Å². The molecule has 0 spiro atoms. The van der Waals surface area contributed by atoms with E-state index in [0.29, 0.717) is 12.5 Å². The fraction of sp³-hybridized carbons (Fsp3) is 0.412. The van der Waals surface area contributed by atoms with Crippen LogP contribution in [0.3, 0.4) is 0 Å². The van der Waals surface area contributed by atoms with Gasteiger partial charge in [0.05, 0.1) is 13.2 Å². The van der Waals surface area contributed by atoms with Crippen LogP contribution in [0, 0.1) is 6.92 Å². The van der Waals surface area contributed by atoms with Gasteiger partial charge in [0.1, 0.15) is 11.5 Å². The van der Waals surface area contributed by atoms with E-state index in [1.165, 1.54) is 5.56 Å². The number of fused-ring (bicyclic) bond motifs is 1. The van der Waals surface area contributed by atoms with Crippen molar-refractivity contribution in [3.8, 4) is 11.5 Å². The molecule has 0 aliphatic heterocycles. The quantitative estimate of drug-likeness (QED) is 0.531. The predicted molar refractivity (Wildman–Crippen MR) is 85.3 cm³/mol. The molecule has 0 radical (unpaired) electrons. The van der Waals surface area contributed by atoms with E-state index < -0.39 is 0 Å². The Kier molecular flexibility index (Phi) is 5.54. The van der Waals surface area contributed by atoms with Crippen LogP contribution in [0.15, 0.2) is 30.3 Å². The van der Waals surface area contributed by atoms with Gasteiger partial charge in [0.2, 0.25) is 0 Å². The molecule has 0 bridgehead atoms. The molecule has 0 fully saturated rings. The molecule has 0 unspecified atom stereocenters. The van der Waals surface area contributed by atoms with Crippen molar-refractivity contribution in [2.75, 3.05) is 19.1 Å². The number of hydrogen-bond acceptors (Lipinski definition) is 2. The highest BCUT2D eigenvalue weighted by atomic mass is 35.5. The lowest BCUT2D eigenvalue weighted by molar-refractivity contribution is 0.314. The SMILES string of the molecule is CCCOc1ccc(OCCCCl)c2cc(C)ccc12. The Morgan fingerprint density at radius 2 is 1.65 bits per heavy atom. The highest BCUT2D eigenvalue weighted by Gasteiger charge is 2.08. The number of benzene rings is 2. The third-order valence-electron chi connectivity index (χ3n) is 3.09. The molecule has 2 aromatic rings. The molecule has 108 valence electrons. The van der Waals surface area contributed by atoms with Crippen molar-refractivity contribution in [3.05, 3.63) is 35.9 Å². The van der Waals surface area contributed by atoms with Crippen LogP contribution in [0.2, 0.25) is 0 Å². The van der Waals surface area contributed by atoms with Crippen LogP contribution in [-0.4, -0.2) is 19.1 Å². The predicted octanol–water partition coefficient (Wildman–Crippen LogP) is 4.94. The van der Waals surface area contributed by atoms with Crippen molar-refractivity contribution in [3.63, 3.8) is 0 Å². The second-order valence-electron chi connectivity index (χ2n) is 4.85. The smallest absolute Gasteiger partial charge is 0.127 e. The summed E-state index contributed by atoms with van der Waals surface area (Å²) in [6.07, 6.45) is 1.85. The highest BCUT2D eigenvalue weighted by Crippen LogP contribution is 2.34. The zero-order valence-electron chi connectivity index (χ0n) is 12.1. The third-order valence-corrected chi connectivity index (χ3v) is 3.36. The maximum absolute atomic E-state index is 5.83. The Morgan fingerprint density at radius 3 is 2.35 bits per heavy atom. The lowest BCUT2D eigenvalue weighted by Crippen LogP contribution is -2.00. The minimum absolute atomic E-state index is 0.620. The van der Waals surface area contributed by atoms with E-state index in [1.54, 1.807) is 0 Å². The molecular formula is C17H21ClO2. The van der Waals surface area contributed by atoms with Gasteiger partial charge < -0.3 is 9.47 Å². The fourth-order valence-electron chi connectivity index (χ4n) is 2.11. The Bertz CT molecular complexity index is 566. The summed E-state index contributed by atoms with van der Waals surface area (Å²) in [7, 11) is 0. The van der Waals surface area contributed by atoms with Crippen molar-refractivity contribution in [2.45, 2.75) is 26.7 Å². The molecule has 0 aliphatic carbocycles. The average molecular weight is 293 g/mol. The number of halogens is 1. The summed E-state index contributed by atoms with van der Waals surface area (Å²) in [4.78, 5) is 0. The summed E-state index contributed by atoms with van der Waals surface area (Å²) < 4.78 is 11.6. The monoisotopic (exact) mass is 292 g/mol. The molecule has 0 saturated carbocycles. The van der Waals surface area contributed by atoms with Crippen molar-refractivity contribution in [1.82, 2.24) is 0 Å². The first kappa shape index (κ1) is 15.0. The third kappa shape index (κ3) is 3.57. The molecule has 20 heavy (non-hydrogen) atoms. The number of rotatable bonds is 7. The molecule has 0 N–H and O–H groups in total. The zero-order chi connectivity index (χ0) is 14.4. The Morgan fingerprint density at radius 1 is 0.950 bits per heavy atom. The van der Waals surface area contributed by atoms with Crippen LogP contribution in [0.1, 0.15) is 25.3 Å². The van der Waals surface area contributed by atoms with Crippen LogP contribution < -0.4 is 9.47 Å². The van der Waals surface area contributed by atoms with E-state index in [1.807, 2.05) is 12.1 Å². The van der Waals surface area contributed by atoms with E-state index in [-0.39, 0.29) is 0 Å². The van der Waals surface area contributed by atoms with Gasteiger partial charge in [-0.05, 0) is 38.0 Å². The lowest BCUT2D eigenvalue weighted by Gasteiger charge is -2.13. The molecule has 0 atom stereocenters. The molecule has 0 saturated heterocycles. The number of aryl methyl sites for hydroxylation is 1. The second-order valence-corrected chi connectivity index (χ2v) is 5.23. The Hall–Kier alpha value is -1.41. The molecule has 2 aromatic carbocycles. The molecule has 0 amide bonds. The summed E-state index contributed by atoms with van der Waals surface area (Å²) in [5.74, 6) is 2.44. The molecule has 2 rings (SSSR count). The van der Waals surface area contributed by atoms with E-state index >= 15 is 0 Å². The van der Waals surface area contributed by atoms with Crippen molar-refractivity contribution < 1.29 is 9.47 Å². The van der Waals surface area contributed by atoms with Crippen LogP contribution in [0.25, 0.3) is 10.8 Å². The van der Waals surface area contributed by atoms with E-state index in [4.69, 9.17) is 21.1 Å². The zero-order valence-corrected chi connectivity index (χ0v) is 12.9. The number of alkyl halides is 1. The standard InChI is InChI=1S/C17H21ClO2/c1-3-10-19-16-7-8-17(20-11-4-9-18)15-12-13(2)5-6-14(15)16/h5-8,12H,3-4,9-11H2,1-2H3. The summed E-state index contributed by atoms with van der Waals surface area (Å²) >= 11 is 5.69. The van der Waals surface area contributed by atoms with Crippen molar-refractivity contribution in [1.29, 1.82) is 0 Å². The summed E-state index contributed by atoms with van der Waals surface area (Å²) in [5, 5.41) is 2.21. The van der Waals surface area contributed by atoms with Gasteiger partial charge in [-0.2, -0.15) is 0 Å². The normalized spacial score (nSPS) is 10.8. The van der Waals surface area contributed by atoms with Gasteiger partial charge in [0, 0.05) is 16.7 Å². The molecule has 0 aromatic heterocycles. The van der Waals surface area contributed by atoms with Crippen LogP contribution >= 0.6 is 11.6 Å². The van der Waals surface area contributed by atoms with E-state index in [2.05, 4.69) is 32.0 Å². The highest BCUT2D eigenvalue weighted by molar-refractivity contribution is 6.17. The van der Waals surface area contributed by atoms with Crippen molar-refractivity contribution >= 4 is 22.4 Å². The maximum Gasteiger partial charge on any atom is 0.127 e. The lowest BCUT2D eigenvalue weighted by atomic mass is 10.1. The van der Waals surface area contributed by atoms with E-state index in [9.17, 15) is 0 Å². The van der Waals surface area contributed by atoms with Gasteiger partial charge >= 0.3 is 0 Å². The van der Waals surface area contributed by atoms with E-state index in [0.717, 1.165) is 41.7 Å². The van der Waals surface area contributed by atoms with Crippen LogP contribution in [0.5, 0.6) is 11.5 Å². The first-order valence-corrected chi connectivity index (χ1v) is 7.64. The van der Waals surface area contributed by atoms with Gasteiger partial charge in [-0.1, -0.05) is 24.6 Å². The first-order chi connectivity index (χ1) is 9.76. The number of hydrogen-bond donors (Lipinski definition) is 0. The van der Waals surface area contributed by atoms with Crippen molar-refractivity contribution in [2.24, 2.45) is 0 Å². The van der Waals surface area contributed by atoms with Gasteiger partial charge in [-0.25, -0.2) is 0 Å². The molecule has 3 heteroatoms. The topological polar surface area (TPSA) is 18.5 Å². The second kappa shape index (κ2) is 7.39. The molecular weight excluding hydrogens is 272 g/mol. The Labute approximate surface area is 125 Å². The van der Waals surface area contributed by atoms with Crippen LogP contribution in [0.4, 0.5) is 0 Å². The largest absolute Gasteiger partial charge is 0.493 e. The average Bonchev–Trinajstić information content (AvgIpc) is 2.46. The molecule has 2 nitrogen and oxygen atoms in total. The minimum atomic E-state index is 0.620. The minimum Gasteiger partial charge on any atom is -0.493 e.